The first kappa shape index (κ1) is 57.8. The van der Waals surface area contributed by atoms with Crippen molar-refractivity contribution >= 4 is 163 Å². The summed E-state index contributed by atoms with van der Waals surface area (Å²) in [5.41, 5.74) is -1.58. The Morgan fingerprint density at radius 3 is 1.64 bits per heavy atom. The fraction of sp³-hybridized carbons (Fsp3) is 0.306. The van der Waals surface area contributed by atoms with Gasteiger partial charge in [0.25, 0.3) is 29.4 Å². The SMILES string of the molecule is CCO.C[C@@]1(O)CC2C3C(=O)N(c4cc(Cl)cc(Cl)c4)C(=O)C3C3(C(=O)Nc4c(Cl)cc(Cl)cc43)N2C1.C[C@]1(O)CN[C@H](C(=O)O)C1.O=C1C=CC(=O)N1c1cc(Cl)cc(Cl)c1.O=C1Nc2c(Cl)cc(Cl)cc2C1=O. The van der Waals surface area contributed by atoms with Gasteiger partial charge in [-0.15, -0.1) is 0 Å². The highest BCUT2D eigenvalue weighted by Crippen LogP contribution is 2.63. The molecule has 7 aliphatic heterocycles. The predicted molar refractivity (Wildman–Crippen MR) is 283 cm³/mol. The average molecular weight is 1190 g/mol. The van der Waals surface area contributed by atoms with Crippen molar-refractivity contribution in [3.8, 4) is 0 Å². The molecule has 0 saturated carbocycles. The Labute approximate surface area is 467 Å². The number of hydrogen-bond donors (Lipinski definition) is 7. The Hall–Kier alpha value is -4.90. The lowest BCUT2D eigenvalue weighted by Crippen LogP contribution is -2.55. The molecule has 26 heteroatoms. The van der Waals surface area contributed by atoms with Crippen molar-refractivity contribution < 1.29 is 58.8 Å². The van der Waals surface area contributed by atoms with Gasteiger partial charge in [0.2, 0.25) is 11.8 Å². The quantitative estimate of drug-likeness (QED) is 0.0762. The van der Waals surface area contributed by atoms with Gasteiger partial charge in [-0.2, -0.15) is 0 Å². The van der Waals surface area contributed by atoms with Crippen molar-refractivity contribution in [2.45, 2.75) is 62.4 Å². The molecule has 396 valence electrons. The van der Waals surface area contributed by atoms with Gasteiger partial charge in [-0.1, -0.05) is 92.8 Å². The summed E-state index contributed by atoms with van der Waals surface area (Å²) in [6, 6.07) is 13.9. The summed E-state index contributed by atoms with van der Waals surface area (Å²) in [6.45, 7) is 5.68. The van der Waals surface area contributed by atoms with E-state index in [1.807, 2.05) is 0 Å². The first-order valence-corrected chi connectivity index (χ1v) is 25.4. The van der Waals surface area contributed by atoms with Crippen molar-refractivity contribution in [2.75, 3.05) is 40.1 Å². The number of nitrogens with zero attached hydrogens (tertiary/aromatic N) is 3. The summed E-state index contributed by atoms with van der Waals surface area (Å²) in [4.78, 5) is 100. The molecule has 7 N–H and O–H groups in total. The summed E-state index contributed by atoms with van der Waals surface area (Å²) in [7, 11) is 0. The van der Waals surface area contributed by atoms with E-state index in [9.17, 15) is 48.6 Å². The van der Waals surface area contributed by atoms with E-state index >= 15 is 0 Å². The maximum absolute atomic E-state index is 14.0. The van der Waals surface area contributed by atoms with Gasteiger partial charge in [0.05, 0.1) is 61.4 Å². The average Bonchev–Trinajstić information content (AvgIpc) is 4.15. The topological polar surface area (TPSA) is 263 Å². The van der Waals surface area contributed by atoms with Crippen LogP contribution >= 0.6 is 92.8 Å². The Morgan fingerprint density at radius 1 is 0.653 bits per heavy atom. The van der Waals surface area contributed by atoms with Gasteiger partial charge in [-0.05, 0) is 87.9 Å². The minimum atomic E-state index is -1.55. The molecule has 1 spiro atoms. The molecule has 4 unspecified atom stereocenters. The van der Waals surface area contributed by atoms with Gasteiger partial charge >= 0.3 is 5.97 Å². The number of carboxylic acid groups (broad SMARTS) is 1. The molecule has 0 bridgehead atoms. The van der Waals surface area contributed by atoms with Crippen LogP contribution in [0.3, 0.4) is 0 Å². The summed E-state index contributed by atoms with van der Waals surface area (Å²) in [5.74, 6) is -6.33. The number of aliphatic hydroxyl groups is 3. The maximum atomic E-state index is 14.0. The van der Waals surface area contributed by atoms with Crippen LogP contribution in [0.25, 0.3) is 0 Å². The second kappa shape index (κ2) is 22.2. The number of Topliss-reactive ketones (excluding diaryl/α,β-unsaturated/α-hetero) is 1. The number of ketones is 1. The Balaban J connectivity index is 0.000000165. The number of amides is 6. The highest BCUT2D eigenvalue weighted by Gasteiger charge is 2.76. The van der Waals surface area contributed by atoms with E-state index in [1.165, 1.54) is 66.7 Å². The van der Waals surface area contributed by atoms with Gasteiger partial charge in [0.1, 0.15) is 11.6 Å². The summed E-state index contributed by atoms with van der Waals surface area (Å²) in [6.07, 6.45) is 2.92. The lowest BCUT2D eigenvalue weighted by molar-refractivity contribution is -0.139. The van der Waals surface area contributed by atoms with Crippen molar-refractivity contribution in [3.05, 3.63) is 124 Å². The minimum absolute atomic E-state index is 0.102. The number of carbonyl (C=O) groups is 8. The number of carbonyl (C=O) groups excluding carboxylic acids is 7. The molecule has 18 nitrogen and oxygen atoms in total. The molecule has 0 radical (unpaired) electrons. The van der Waals surface area contributed by atoms with Gasteiger partial charge in [-0.3, -0.25) is 43.3 Å². The molecule has 4 aromatic rings. The number of aliphatic carboxylic acids is 1. The molecule has 0 aromatic heterocycles. The number of nitrogens with one attached hydrogen (secondary N) is 3. The number of benzene rings is 4. The first-order chi connectivity index (χ1) is 35.0. The smallest absolute Gasteiger partial charge is 0.320 e. The molecule has 4 fully saturated rings. The zero-order chi connectivity index (χ0) is 55.4. The van der Waals surface area contributed by atoms with E-state index in [2.05, 4.69) is 16.0 Å². The molecule has 7 atom stereocenters. The van der Waals surface area contributed by atoms with E-state index in [0.717, 1.165) is 9.80 Å². The Kier molecular flexibility index (Phi) is 17.1. The van der Waals surface area contributed by atoms with Crippen LogP contribution in [-0.4, -0.2) is 116 Å². The Morgan fingerprint density at radius 2 is 1.15 bits per heavy atom. The fourth-order valence-electron chi connectivity index (χ4n) is 9.96. The number of rotatable bonds is 3. The van der Waals surface area contributed by atoms with Crippen LogP contribution in [0.5, 0.6) is 0 Å². The van der Waals surface area contributed by atoms with Crippen LogP contribution in [0, 0.1) is 11.8 Å². The minimum Gasteiger partial charge on any atom is -0.480 e. The monoisotopic (exact) mass is 1190 g/mol. The standard InChI is InChI=1S/C23H17Cl4N3O4.C10H5Cl2NO2.C8H3Cl2NO2.C6H11NO3.C2H6O/c1-22(34)7-15-16-17(20(32)30(19(16)31)12-3-9(24)2-10(25)4-12)23(29(15)8-22)13-5-11(26)6-14(27)18(13)28-21(23)33;11-6-3-7(12)5-8(4-6)13-9(14)1-2-10(13)15;9-3-1-4-6(5(10)2-3)11-8(13)7(4)12;1-6(10)2-4(5(8)9)7-3-6;1-2-3/h2-6,15-17,34H,7-8H2,1H3,(H,28,33);1-5H;1-2H,(H,11,12,13);4,7,10H,2-3H2,1H3,(H,8,9);3H,2H2,1H3/t15?,16?,17?,22-,23?;;;4-,6+;/m1..0./s1. The predicted octanol–water partition coefficient (Wildman–Crippen LogP) is 7.83. The fourth-order valence-corrected chi connectivity index (χ4v) is 12.1. The summed E-state index contributed by atoms with van der Waals surface area (Å²) in [5, 5.41) is 46.6. The summed E-state index contributed by atoms with van der Waals surface area (Å²) < 4.78 is 0. The normalized spacial score (nSPS) is 26.6. The number of fused-ring (bicyclic) bond motifs is 8. The zero-order valence-electron chi connectivity index (χ0n) is 39.2. The van der Waals surface area contributed by atoms with E-state index in [1.54, 1.807) is 31.7 Å². The molecule has 7 aliphatic rings. The van der Waals surface area contributed by atoms with Crippen LogP contribution in [-0.2, 0) is 39.1 Å². The van der Waals surface area contributed by atoms with Crippen molar-refractivity contribution in [2.24, 2.45) is 11.8 Å². The molecule has 6 amide bonds. The molecular formula is C49H42Cl8N6O12. The number of anilines is 4. The van der Waals surface area contributed by atoms with Crippen molar-refractivity contribution in [1.29, 1.82) is 0 Å². The van der Waals surface area contributed by atoms with Gasteiger partial charge < -0.3 is 36.4 Å². The lowest BCUT2D eigenvalue weighted by atomic mass is 9.74. The van der Waals surface area contributed by atoms with Crippen LogP contribution in [0.1, 0.15) is 49.5 Å². The summed E-state index contributed by atoms with van der Waals surface area (Å²) >= 11 is 48.0. The van der Waals surface area contributed by atoms with Crippen molar-refractivity contribution in [3.63, 3.8) is 0 Å². The zero-order valence-corrected chi connectivity index (χ0v) is 45.2. The second-order valence-electron chi connectivity index (χ2n) is 18.4. The number of hydrogen-bond acceptors (Lipinski definition) is 13. The number of carboxylic acids is 1. The van der Waals surface area contributed by atoms with Crippen LogP contribution in [0.2, 0.25) is 40.2 Å². The Bertz CT molecular complexity index is 3080. The van der Waals surface area contributed by atoms with E-state index in [0.29, 0.717) is 55.7 Å². The molecule has 7 heterocycles. The maximum Gasteiger partial charge on any atom is 0.320 e. The number of halogens is 8. The number of aliphatic hydroxyl groups excluding tert-OH is 1. The van der Waals surface area contributed by atoms with Gasteiger partial charge in [0, 0.05) is 80.0 Å². The molecule has 75 heavy (non-hydrogen) atoms. The number of β-amino-alcohol motifs (C(OH)–C–C–N with tert-alkyl or cyclic N) is 1. The highest BCUT2D eigenvalue weighted by molar-refractivity contribution is 6.54. The lowest BCUT2D eigenvalue weighted by Gasteiger charge is -2.37. The molecule has 11 rings (SSSR count). The molecule has 4 aromatic carbocycles. The van der Waals surface area contributed by atoms with Crippen LogP contribution in [0.4, 0.5) is 22.7 Å². The molecular weight excluding hydrogens is 1150 g/mol. The highest BCUT2D eigenvalue weighted by atomic mass is 35.5. The van der Waals surface area contributed by atoms with E-state index in [4.69, 9.17) is 103 Å². The third kappa shape index (κ3) is 11.4. The third-order valence-electron chi connectivity index (χ3n) is 12.7. The molecule has 0 aliphatic carbocycles. The third-order valence-corrected chi connectivity index (χ3v) is 14.6. The molecule has 4 saturated heterocycles. The van der Waals surface area contributed by atoms with Crippen LogP contribution in [0.15, 0.2) is 72.8 Å². The van der Waals surface area contributed by atoms with Gasteiger partial charge in [-0.25, -0.2) is 9.80 Å². The van der Waals surface area contributed by atoms with Crippen molar-refractivity contribution in [1.82, 2.24) is 10.2 Å². The second-order valence-corrected chi connectivity index (χ2v) is 21.9. The van der Waals surface area contributed by atoms with E-state index < -0.39 is 87.9 Å². The number of imide groups is 2. The largest absolute Gasteiger partial charge is 0.480 e. The first-order valence-electron chi connectivity index (χ1n) is 22.4. The van der Waals surface area contributed by atoms with E-state index in [-0.39, 0.29) is 50.9 Å². The van der Waals surface area contributed by atoms with Crippen LogP contribution < -0.4 is 25.8 Å². The van der Waals surface area contributed by atoms with Gasteiger partial charge in [0.15, 0.2) is 0 Å².